The molecule has 92 valence electrons. The smallest absolute Gasteiger partial charge is 0.337 e. The third kappa shape index (κ3) is 1.11. The van der Waals surface area contributed by atoms with Gasteiger partial charge in [0.05, 0.1) is 25.4 Å². The van der Waals surface area contributed by atoms with Gasteiger partial charge in [-0.2, -0.15) is 0 Å². The summed E-state index contributed by atoms with van der Waals surface area (Å²) in [6, 6.07) is 0. The summed E-state index contributed by atoms with van der Waals surface area (Å²) < 4.78 is 20.5. The lowest BCUT2D eigenvalue weighted by Gasteiger charge is -2.21. The first-order chi connectivity index (χ1) is 8.04. The van der Waals surface area contributed by atoms with Crippen molar-refractivity contribution in [3.8, 4) is 0 Å². The predicted molar refractivity (Wildman–Crippen MR) is 53.0 cm³/mol. The number of ether oxygens (including phenoxy) is 4. The Labute approximate surface area is 97.5 Å². The molecule has 0 aliphatic carbocycles. The van der Waals surface area contributed by atoms with Gasteiger partial charge in [-0.05, 0) is 6.92 Å². The molecule has 3 heterocycles. The summed E-state index contributed by atoms with van der Waals surface area (Å²) in [7, 11) is 2.54. The summed E-state index contributed by atoms with van der Waals surface area (Å²) in [4.78, 5) is 23.5. The summed E-state index contributed by atoms with van der Waals surface area (Å²) in [6.45, 7) is 1.74. The molecule has 2 bridgehead atoms. The van der Waals surface area contributed by atoms with Crippen LogP contribution in [-0.2, 0) is 28.5 Å². The number of methoxy groups -OCH3 is 2. The summed E-state index contributed by atoms with van der Waals surface area (Å²) in [5, 5.41) is 0. The van der Waals surface area contributed by atoms with Crippen LogP contribution < -0.4 is 0 Å². The van der Waals surface area contributed by atoms with E-state index < -0.39 is 23.6 Å². The topological polar surface area (TPSA) is 74.4 Å². The maximum atomic E-state index is 11.8. The van der Waals surface area contributed by atoms with Crippen molar-refractivity contribution in [3.63, 3.8) is 0 Å². The molecule has 6 heteroatoms. The van der Waals surface area contributed by atoms with Gasteiger partial charge >= 0.3 is 11.9 Å². The van der Waals surface area contributed by atoms with Crippen molar-refractivity contribution < 1.29 is 28.5 Å². The van der Waals surface area contributed by atoms with Crippen LogP contribution in [0.4, 0.5) is 0 Å². The minimum absolute atomic E-state index is 0.137. The SMILES string of the molecule is COC(=O)C1=C(C(=O)OC)[C@@]2(C)O[C@@H]1[C@@H]1O[C@H]12. The number of esters is 2. The minimum atomic E-state index is -0.883. The Hall–Kier alpha value is -1.40. The maximum Gasteiger partial charge on any atom is 0.337 e. The summed E-state index contributed by atoms with van der Waals surface area (Å²) in [5.74, 6) is -1.13. The second kappa shape index (κ2) is 3.08. The van der Waals surface area contributed by atoms with Gasteiger partial charge < -0.3 is 18.9 Å². The van der Waals surface area contributed by atoms with Gasteiger partial charge in [-0.25, -0.2) is 9.59 Å². The molecule has 3 rings (SSSR count). The highest BCUT2D eigenvalue weighted by atomic mass is 16.7. The quantitative estimate of drug-likeness (QED) is 0.481. The Kier molecular flexibility index (Phi) is 1.95. The third-order valence-corrected chi connectivity index (χ3v) is 3.58. The van der Waals surface area contributed by atoms with Gasteiger partial charge in [0.15, 0.2) is 0 Å². The minimum Gasteiger partial charge on any atom is -0.466 e. The van der Waals surface area contributed by atoms with Crippen molar-refractivity contribution in [2.45, 2.75) is 30.8 Å². The van der Waals surface area contributed by atoms with Gasteiger partial charge in [0.1, 0.15) is 23.9 Å². The van der Waals surface area contributed by atoms with E-state index in [9.17, 15) is 9.59 Å². The maximum absolute atomic E-state index is 11.8. The fourth-order valence-electron chi connectivity index (χ4n) is 2.77. The molecule has 0 saturated carbocycles. The molecule has 0 aromatic carbocycles. The molecule has 0 aromatic rings. The van der Waals surface area contributed by atoms with E-state index in [2.05, 4.69) is 4.74 Å². The summed E-state index contributed by atoms with van der Waals surface area (Å²) in [6.07, 6.45) is -0.802. The van der Waals surface area contributed by atoms with Gasteiger partial charge in [0, 0.05) is 0 Å². The van der Waals surface area contributed by atoms with Crippen molar-refractivity contribution in [2.24, 2.45) is 0 Å². The number of hydrogen-bond acceptors (Lipinski definition) is 6. The molecular formula is C11H12O6. The molecule has 0 unspecified atom stereocenters. The second-order valence-corrected chi connectivity index (χ2v) is 4.44. The van der Waals surface area contributed by atoms with E-state index in [1.807, 2.05) is 0 Å². The fraction of sp³-hybridized carbons (Fsp3) is 0.636. The molecule has 0 aromatic heterocycles. The van der Waals surface area contributed by atoms with Crippen LogP contribution >= 0.6 is 0 Å². The van der Waals surface area contributed by atoms with E-state index in [4.69, 9.17) is 14.2 Å². The zero-order valence-electron chi connectivity index (χ0n) is 9.68. The van der Waals surface area contributed by atoms with Crippen LogP contribution in [0.1, 0.15) is 6.92 Å². The molecule has 0 amide bonds. The van der Waals surface area contributed by atoms with Crippen LogP contribution in [0.3, 0.4) is 0 Å². The van der Waals surface area contributed by atoms with E-state index in [0.29, 0.717) is 0 Å². The molecule has 6 nitrogen and oxygen atoms in total. The largest absolute Gasteiger partial charge is 0.466 e. The van der Waals surface area contributed by atoms with Gasteiger partial charge in [-0.15, -0.1) is 0 Å². The summed E-state index contributed by atoms with van der Waals surface area (Å²) >= 11 is 0. The molecule has 2 saturated heterocycles. The van der Waals surface area contributed by atoms with Crippen molar-refractivity contribution in [3.05, 3.63) is 11.1 Å². The predicted octanol–water partition coefficient (Wildman–Crippen LogP) is -0.433. The molecule has 17 heavy (non-hydrogen) atoms. The zero-order valence-corrected chi connectivity index (χ0v) is 9.68. The molecule has 0 spiro atoms. The number of epoxide rings is 1. The van der Waals surface area contributed by atoms with Crippen molar-refractivity contribution in [1.82, 2.24) is 0 Å². The van der Waals surface area contributed by atoms with E-state index in [1.54, 1.807) is 6.92 Å². The number of rotatable bonds is 2. The number of hydrogen-bond donors (Lipinski definition) is 0. The average molecular weight is 240 g/mol. The molecular weight excluding hydrogens is 228 g/mol. The fourth-order valence-corrected chi connectivity index (χ4v) is 2.77. The lowest BCUT2D eigenvalue weighted by Crippen LogP contribution is -2.37. The highest BCUT2D eigenvalue weighted by molar-refractivity contribution is 6.04. The lowest BCUT2D eigenvalue weighted by molar-refractivity contribution is -0.140. The molecule has 4 atom stereocenters. The second-order valence-electron chi connectivity index (χ2n) is 4.44. The Morgan fingerprint density at radius 2 is 1.88 bits per heavy atom. The van der Waals surface area contributed by atoms with Crippen LogP contribution in [0, 0.1) is 0 Å². The van der Waals surface area contributed by atoms with Gasteiger partial charge in [0.25, 0.3) is 0 Å². The highest BCUT2D eigenvalue weighted by Gasteiger charge is 2.73. The first-order valence-corrected chi connectivity index (χ1v) is 5.29. The molecule has 3 aliphatic heterocycles. The first kappa shape index (κ1) is 10.7. The standard InChI is InChI=1S/C11H12O6/c1-11-5(10(13)15-3)4(9(12)14-2)6(17-11)7-8(11)16-7/h6-8H,1-3H3/t6-,7-,8+,11+/m0/s1. The van der Waals surface area contributed by atoms with Crippen LogP contribution in [0.25, 0.3) is 0 Å². The van der Waals surface area contributed by atoms with E-state index in [-0.39, 0.29) is 23.4 Å². The van der Waals surface area contributed by atoms with E-state index >= 15 is 0 Å². The average Bonchev–Trinajstić information content (AvgIpc) is 3.02. The molecule has 2 fully saturated rings. The lowest BCUT2D eigenvalue weighted by atomic mass is 9.83. The molecule has 0 N–H and O–H groups in total. The first-order valence-electron chi connectivity index (χ1n) is 5.29. The van der Waals surface area contributed by atoms with Crippen LogP contribution in [0.5, 0.6) is 0 Å². The Balaban J connectivity index is 2.11. The highest BCUT2D eigenvalue weighted by Crippen LogP contribution is 2.57. The van der Waals surface area contributed by atoms with Crippen molar-refractivity contribution >= 4 is 11.9 Å². The number of fused-ring (bicyclic) bond motifs is 5. The van der Waals surface area contributed by atoms with Gasteiger partial charge in [0.2, 0.25) is 0 Å². The normalized spacial score (nSPS) is 41.2. The van der Waals surface area contributed by atoms with Crippen LogP contribution in [-0.4, -0.2) is 50.1 Å². The van der Waals surface area contributed by atoms with Gasteiger partial charge in [-0.1, -0.05) is 0 Å². The number of carbonyl (C=O) groups is 2. The Bertz CT molecular complexity index is 453. The monoisotopic (exact) mass is 240 g/mol. The van der Waals surface area contributed by atoms with Crippen molar-refractivity contribution in [2.75, 3.05) is 14.2 Å². The Morgan fingerprint density at radius 3 is 2.47 bits per heavy atom. The molecule has 3 aliphatic rings. The van der Waals surface area contributed by atoms with E-state index in [1.165, 1.54) is 14.2 Å². The zero-order chi connectivity index (χ0) is 12.4. The third-order valence-electron chi connectivity index (χ3n) is 3.58. The number of carbonyl (C=O) groups excluding carboxylic acids is 2. The Morgan fingerprint density at radius 1 is 1.24 bits per heavy atom. The van der Waals surface area contributed by atoms with Gasteiger partial charge in [-0.3, -0.25) is 0 Å². The van der Waals surface area contributed by atoms with Crippen molar-refractivity contribution in [1.29, 1.82) is 0 Å². The van der Waals surface area contributed by atoms with Crippen LogP contribution in [0.2, 0.25) is 0 Å². The van der Waals surface area contributed by atoms with Crippen LogP contribution in [0.15, 0.2) is 11.1 Å². The van der Waals surface area contributed by atoms with E-state index in [0.717, 1.165) is 0 Å². The summed E-state index contributed by atoms with van der Waals surface area (Å²) in [5.41, 5.74) is -0.414. The molecule has 0 radical (unpaired) electrons.